The van der Waals surface area contributed by atoms with E-state index in [0.29, 0.717) is 24.5 Å². The monoisotopic (exact) mass is 324 g/mol. The number of fused-ring (bicyclic) bond motifs is 1. The standard InChI is InChI=1S/C19H24N4O/c1-13-10-15-4-2-3-5-16(15)12-23(13)18-11-17(14-6-7-14)21-19(22-18)20-8-9-24/h2-5,11,13-14,24H,6-10,12H2,1H3,(H,20,21,22)/t13-/m0/s1. The van der Waals surface area contributed by atoms with Crippen molar-refractivity contribution < 1.29 is 5.11 Å². The fraction of sp³-hybridized carbons (Fsp3) is 0.474. The minimum atomic E-state index is 0.0832. The lowest BCUT2D eigenvalue weighted by atomic mass is 9.95. The van der Waals surface area contributed by atoms with Gasteiger partial charge in [0.2, 0.25) is 5.95 Å². The van der Waals surface area contributed by atoms with Crippen LogP contribution >= 0.6 is 0 Å². The molecule has 1 aliphatic carbocycles. The van der Waals surface area contributed by atoms with Crippen LogP contribution in [0, 0.1) is 0 Å². The first kappa shape index (κ1) is 15.4. The molecule has 1 aromatic carbocycles. The van der Waals surface area contributed by atoms with Gasteiger partial charge in [-0.15, -0.1) is 0 Å². The van der Waals surface area contributed by atoms with Crippen LogP contribution in [-0.4, -0.2) is 34.3 Å². The number of anilines is 2. The molecule has 0 saturated heterocycles. The molecule has 1 aliphatic heterocycles. The molecule has 1 atom stereocenters. The second-order valence-corrected chi connectivity index (χ2v) is 6.85. The zero-order valence-corrected chi connectivity index (χ0v) is 14.1. The molecule has 2 N–H and O–H groups in total. The van der Waals surface area contributed by atoms with Gasteiger partial charge in [0.05, 0.1) is 12.3 Å². The highest BCUT2D eigenvalue weighted by atomic mass is 16.3. The predicted molar refractivity (Wildman–Crippen MR) is 95.4 cm³/mol. The fourth-order valence-electron chi connectivity index (χ4n) is 3.42. The van der Waals surface area contributed by atoms with E-state index in [9.17, 15) is 0 Å². The van der Waals surface area contributed by atoms with Crippen LogP contribution in [0.4, 0.5) is 11.8 Å². The van der Waals surface area contributed by atoms with Gasteiger partial charge in [-0.25, -0.2) is 4.98 Å². The number of hydrogen-bond acceptors (Lipinski definition) is 5. The molecule has 2 heterocycles. The van der Waals surface area contributed by atoms with Crippen molar-refractivity contribution in [2.45, 2.75) is 44.7 Å². The predicted octanol–water partition coefficient (Wildman–Crippen LogP) is 2.71. The van der Waals surface area contributed by atoms with Gasteiger partial charge >= 0.3 is 0 Å². The third-order valence-corrected chi connectivity index (χ3v) is 4.92. The SMILES string of the molecule is C[C@H]1Cc2ccccc2CN1c1cc(C2CC2)nc(NCCO)n1. The Bertz CT molecular complexity index is 729. The van der Waals surface area contributed by atoms with Crippen LogP contribution in [0.1, 0.15) is 42.5 Å². The van der Waals surface area contributed by atoms with Crippen LogP contribution in [0.2, 0.25) is 0 Å². The number of nitrogens with one attached hydrogen (secondary N) is 1. The Labute approximate surface area is 142 Å². The average molecular weight is 324 g/mol. The van der Waals surface area contributed by atoms with E-state index in [2.05, 4.69) is 52.5 Å². The highest BCUT2D eigenvalue weighted by Gasteiger charge is 2.29. The van der Waals surface area contributed by atoms with Gasteiger partial charge in [-0.2, -0.15) is 4.98 Å². The number of rotatable bonds is 5. The number of nitrogens with zero attached hydrogens (tertiary/aromatic N) is 3. The highest BCUT2D eigenvalue weighted by molar-refractivity contribution is 5.50. The zero-order chi connectivity index (χ0) is 16.5. The van der Waals surface area contributed by atoms with Gasteiger partial charge in [-0.3, -0.25) is 0 Å². The average Bonchev–Trinajstić information content (AvgIpc) is 3.44. The Kier molecular flexibility index (Phi) is 4.10. The minimum absolute atomic E-state index is 0.0832. The summed E-state index contributed by atoms with van der Waals surface area (Å²) in [4.78, 5) is 11.7. The molecular formula is C19H24N4O. The van der Waals surface area contributed by atoms with Crippen LogP contribution in [0.3, 0.4) is 0 Å². The van der Waals surface area contributed by atoms with E-state index >= 15 is 0 Å². The fourth-order valence-corrected chi connectivity index (χ4v) is 3.42. The number of benzene rings is 1. The lowest BCUT2D eigenvalue weighted by Gasteiger charge is -2.36. The molecule has 1 fully saturated rings. The number of aliphatic hydroxyl groups is 1. The molecule has 2 aliphatic rings. The summed E-state index contributed by atoms with van der Waals surface area (Å²) in [6, 6.07) is 11.2. The van der Waals surface area contributed by atoms with Crippen molar-refractivity contribution in [2.24, 2.45) is 0 Å². The third-order valence-electron chi connectivity index (χ3n) is 4.92. The van der Waals surface area contributed by atoms with Gasteiger partial charge in [0, 0.05) is 31.1 Å². The molecule has 0 bridgehead atoms. The Hall–Kier alpha value is -2.14. The summed E-state index contributed by atoms with van der Waals surface area (Å²) in [7, 11) is 0. The number of aliphatic hydroxyl groups excluding tert-OH is 1. The number of hydrogen-bond donors (Lipinski definition) is 2. The van der Waals surface area contributed by atoms with Gasteiger partial charge in [-0.05, 0) is 37.3 Å². The first-order valence-electron chi connectivity index (χ1n) is 8.81. The summed E-state index contributed by atoms with van der Waals surface area (Å²) in [5.74, 6) is 2.21. The van der Waals surface area contributed by atoms with E-state index in [-0.39, 0.29) is 6.61 Å². The normalized spacial score (nSPS) is 19.9. The molecule has 0 unspecified atom stereocenters. The Balaban J connectivity index is 1.66. The molecule has 5 nitrogen and oxygen atoms in total. The Morgan fingerprint density at radius 2 is 2.00 bits per heavy atom. The van der Waals surface area contributed by atoms with Crippen LogP contribution in [0.15, 0.2) is 30.3 Å². The summed E-state index contributed by atoms with van der Waals surface area (Å²) in [5, 5.41) is 12.2. The van der Waals surface area contributed by atoms with Crippen molar-refractivity contribution in [1.82, 2.24) is 9.97 Å². The molecule has 4 rings (SSSR count). The maximum Gasteiger partial charge on any atom is 0.224 e. The van der Waals surface area contributed by atoms with Crippen LogP contribution in [0.25, 0.3) is 0 Å². The first-order valence-corrected chi connectivity index (χ1v) is 8.81. The topological polar surface area (TPSA) is 61.3 Å². The van der Waals surface area contributed by atoms with Gasteiger partial charge < -0.3 is 15.3 Å². The maximum atomic E-state index is 9.06. The van der Waals surface area contributed by atoms with E-state index in [0.717, 1.165) is 24.5 Å². The highest BCUT2D eigenvalue weighted by Crippen LogP contribution is 2.40. The van der Waals surface area contributed by atoms with Crippen molar-refractivity contribution in [1.29, 1.82) is 0 Å². The van der Waals surface area contributed by atoms with E-state index in [1.54, 1.807) is 0 Å². The van der Waals surface area contributed by atoms with Crippen molar-refractivity contribution in [3.05, 3.63) is 47.2 Å². The summed E-state index contributed by atoms with van der Waals surface area (Å²) < 4.78 is 0. The second kappa shape index (κ2) is 6.40. The van der Waals surface area contributed by atoms with E-state index in [1.807, 2.05) is 0 Å². The minimum Gasteiger partial charge on any atom is -0.395 e. The summed E-state index contributed by atoms with van der Waals surface area (Å²) in [6.45, 7) is 3.71. The van der Waals surface area contributed by atoms with E-state index in [4.69, 9.17) is 10.1 Å². The van der Waals surface area contributed by atoms with E-state index in [1.165, 1.54) is 24.0 Å². The van der Waals surface area contributed by atoms with Crippen LogP contribution in [-0.2, 0) is 13.0 Å². The largest absolute Gasteiger partial charge is 0.395 e. The summed E-state index contributed by atoms with van der Waals surface area (Å²) >= 11 is 0. The van der Waals surface area contributed by atoms with Crippen molar-refractivity contribution in [3.63, 3.8) is 0 Å². The van der Waals surface area contributed by atoms with Crippen molar-refractivity contribution in [3.8, 4) is 0 Å². The smallest absolute Gasteiger partial charge is 0.224 e. The molecule has 1 saturated carbocycles. The molecule has 0 amide bonds. The second-order valence-electron chi connectivity index (χ2n) is 6.85. The van der Waals surface area contributed by atoms with Gasteiger partial charge in [0.1, 0.15) is 5.82 Å². The lowest BCUT2D eigenvalue weighted by Crippen LogP contribution is -2.39. The molecule has 0 spiro atoms. The van der Waals surface area contributed by atoms with Gasteiger partial charge in [0.15, 0.2) is 0 Å². The molecule has 2 aromatic rings. The van der Waals surface area contributed by atoms with E-state index < -0.39 is 0 Å². The molecule has 24 heavy (non-hydrogen) atoms. The Morgan fingerprint density at radius 1 is 1.21 bits per heavy atom. The zero-order valence-electron chi connectivity index (χ0n) is 14.1. The van der Waals surface area contributed by atoms with Gasteiger partial charge in [0.25, 0.3) is 0 Å². The molecule has 5 heteroatoms. The maximum absolute atomic E-state index is 9.06. The van der Waals surface area contributed by atoms with Crippen LogP contribution < -0.4 is 10.2 Å². The quantitative estimate of drug-likeness (QED) is 0.885. The summed E-state index contributed by atoms with van der Waals surface area (Å²) in [6.07, 6.45) is 3.47. The third kappa shape index (κ3) is 3.08. The first-order chi connectivity index (χ1) is 11.7. The molecule has 1 aromatic heterocycles. The number of aromatic nitrogens is 2. The van der Waals surface area contributed by atoms with Crippen molar-refractivity contribution in [2.75, 3.05) is 23.4 Å². The molecular weight excluding hydrogens is 300 g/mol. The lowest BCUT2D eigenvalue weighted by molar-refractivity contribution is 0.311. The molecule has 126 valence electrons. The molecule has 0 radical (unpaired) electrons. The summed E-state index contributed by atoms with van der Waals surface area (Å²) in [5.41, 5.74) is 3.95. The van der Waals surface area contributed by atoms with Crippen LogP contribution in [0.5, 0.6) is 0 Å². The van der Waals surface area contributed by atoms with Crippen molar-refractivity contribution >= 4 is 11.8 Å². The Morgan fingerprint density at radius 3 is 2.75 bits per heavy atom. The van der Waals surface area contributed by atoms with Gasteiger partial charge in [-0.1, -0.05) is 24.3 Å².